The van der Waals surface area contributed by atoms with Crippen LogP contribution in [0.4, 0.5) is 5.69 Å². The smallest absolute Gasteiger partial charge is 0.248 e. The molecule has 2 heterocycles. The lowest BCUT2D eigenvalue weighted by molar-refractivity contribution is -0.116. The molecule has 0 bridgehead atoms. The van der Waals surface area contributed by atoms with Crippen molar-refractivity contribution in [1.82, 2.24) is 4.98 Å². The Hall–Kier alpha value is -3.86. The largest absolute Gasteiger partial charge is 0.457 e. The summed E-state index contributed by atoms with van der Waals surface area (Å²) >= 11 is 0. The monoisotopic (exact) mass is 410 g/mol. The van der Waals surface area contributed by atoms with Crippen LogP contribution in [-0.2, 0) is 11.2 Å². The average Bonchev–Trinajstić information content (AvgIpc) is 2.77. The van der Waals surface area contributed by atoms with Crippen molar-refractivity contribution in [3.8, 4) is 11.5 Å². The van der Waals surface area contributed by atoms with Gasteiger partial charge in [0.25, 0.3) is 0 Å². The minimum absolute atomic E-state index is 0.133. The summed E-state index contributed by atoms with van der Waals surface area (Å²) in [5.74, 6) is 0.749. The van der Waals surface area contributed by atoms with E-state index in [4.69, 9.17) is 4.74 Å². The molecule has 0 saturated heterocycles. The molecule has 31 heavy (non-hydrogen) atoms. The molecule has 0 aliphatic carbocycles. The third kappa shape index (κ3) is 3.48. The van der Waals surface area contributed by atoms with E-state index in [9.17, 15) is 9.59 Å². The second-order valence-corrected chi connectivity index (χ2v) is 7.77. The number of amides is 1. The Morgan fingerprint density at radius 2 is 1.65 bits per heavy atom. The number of fused-ring (bicyclic) bond motifs is 3. The van der Waals surface area contributed by atoms with E-state index in [-0.39, 0.29) is 11.5 Å². The van der Waals surface area contributed by atoms with Gasteiger partial charge in [-0.1, -0.05) is 55.8 Å². The maximum Gasteiger partial charge on any atom is 0.248 e. The molecular formula is C26H22N2O3. The second kappa shape index (κ2) is 7.76. The molecule has 0 radical (unpaired) electrons. The molecule has 1 amide bonds. The molecule has 5 nitrogen and oxygen atoms in total. The number of ether oxygens (including phenoxy) is 1. The van der Waals surface area contributed by atoms with Gasteiger partial charge >= 0.3 is 0 Å². The first-order chi connectivity index (χ1) is 15.1. The Balaban J connectivity index is 1.52. The number of H-pyrrole nitrogens is 1. The average molecular weight is 410 g/mol. The summed E-state index contributed by atoms with van der Waals surface area (Å²) in [5, 5.41) is 4.04. The Morgan fingerprint density at radius 3 is 2.32 bits per heavy atom. The van der Waals surface area contributed by atoms with Crippen LogP contribution in [0.5, 0.6) is 11.5 Å². The van der Waals surface area contributed by atoms with Crippen LogP contribution in [0.3, 0.4) is 0 Å². The molecule has 2 N–H and O–H groups in total. The highest BCUT2D eigenvalue weighted by atomic mass is 16.5. The van der Waals surface area contributed by atoms with Crippen LogP contribution in [0.15, 0.2) is 77.6 Å². The van der Waals surface area contributed by atoms with E-state index in [0.717, 1.165) is 40.4 Å². The highest BCUT2D eigenvalue weighted by Crippen LogP contribution is 2.44. The third-order valence-electron chi connectivity index (χ3n) is 5.66. The Labute approximate surface area is 179 Å². The topological polar surface area (TPSA) is 71.2 Å². The molecule has 0 spiro atoms. The van der Waals surface area contributed by atoms with Gasteiger partial charge in [0.1, 0.15) is 11.5 Å². The van der Waals surface area contributed by atoms with Crippen LogP contribution in [-0.4, -0.2) is 10.9 Å². The lowest BCUT2D eigenvalue weighted by Gasteiger charge is -2.27. The van der Waals surface area contributed by atoms with Crippen LogP contribution < -0.4 is 15.6 Å². The number of aromatic nitrogens is 1. The van der Waals surface area contributed by atoms with Crippen molar-refractivity contribution in [2.45, 2.75) is 25.7 Å². The van der Waals surface area contributed by atoms with Gasteiger partial charge in [-0.3, -0.25) is 9.59 Å². The van der Waals surface area contributed by atoms with Crippen LogP contribution in [0.2, 0.25) is 0 Å². The van der Waals surface area contributed by atoms with Gasteiger partial charge in [0.05, 0.1) is 11.4 Å². The first kappa shape index (κ1) is 19.1. The summed E-state index contributed by atoms with van der Waals surface area (Å²) in [6, 6.07) is 22.5. The summed E-state index contributed by atoms with van der Waals surface area (Å²) in [4.78, 5) is 28.4. The molecule has 4 aromatic rings. The van der Waals surface area contributed by atoms with Gasteiger partial charge in [0, 0.05) is 28.3 Å². The van der Waals surface area contributed by atoms with Crippen LogP contribution in [0.25, 0.3) is 10.9 Å². The number of benzene rings is 3. The molecule has 0 unspecified atom stereocenters. The number of carbonyl (C=O) groups is 1. The van der Waals surface area contributed by atoms with Crippen molar-refractivity contribution in [2.24, 2.45) is 0 Å². The van der Waals surface area contributed by atoms with Gasteiger partial charge in [-0.05, 0) is 36.2 Å². The summed E-state index contributed by atoms with van der Waals surface area (Å²) in [7, 11) is 0. The number of hydrogen-bond donors (Lipinski definition) is 2. The maximum atomic E-state index is 13.4. The summed E-state index contributed by atoms with van der Waals surface area (Å²) in [5.41, 5.74) is 3.92. The molecule has 1 aliphatic heterocycles. The van der Waals surface area contributed by atoms with Crippen molar-refractivity contribution < 1.29 is 9.53 Å². The summed E-state index contributed by atoms with van der Waals surface area (Å²) in [6.45, 7) is 2.09. The van der Waals surface area contributed by atoms with Gasteiger partial charge in [-0.25, -0.2) is 0 Å². The number of hydrogen-bond acceptors (Lipinski definition) is 3. The molecule has 0 saturated carbocycles. The van der Waals surface area contributed by atoms with E-state index in [1.807, 2.05) is 66.7 Å². The molecule has 0 atom stereocenters. The lowest BCUT2D eigenvalue weighted by atomic mass is 9.87. The van der Waals surface area contributed by atoms with E-state index < -0.39 is 5.92 Å². The Kier molecular flexibility index (Phi) is 4.79. The fourth-order valence-corrected chi connectivity index (χ4v) is 4.29. The van der Waals surface area contributed by atoms with Crippen LogP contribution in [0, 0.1) is 0 Å². The summed E-state index contributed by atoms with van der Waals surface area (Å²) < 4.78 is 6.00. The fraction of sp³-hybridized carbons (Fsp3) is 0.154. The molecule has 154 valence electrons. The molecule has 5 heteroatoms. The molecule has 1 aliphatic rings. The Bertz CT molecular complexity index is 1310. The maximum absolute atomic E-state index is 13.4. The number of aryl methyl sites for hydroxylation is 1. The van der Waals surface area contributed by atoms with E-state index >= 15 is 0 Å². The highest BCUT2D eigenvalue weighted by molar-refractivity contribution is 6.01. The van der Waals surface area contributed by atoms with E-state index in [0.29, 0.717) is 17.2 Å². The van der Waals surface area contributed by atoms with E-state index in [2.05, 4.69) is 17.2 Å². The van der Waals surface area contributed by atoms with Crippen molar-refractivity contribution in [1.29, 1.82) is 0 Å². The zero-order valence-electron chi connectivity index (χ0n) is 17.1. The number of nitrogens with one attached hydrogen (secondary N) is 2. The molecular weight excluding hydrogens is 388 g/mol. The SMILES string of the molecule is CCCc1cc(=O)[nH]c2cc(NC(=O)C3c4ccccc4Oc4ccccc43)ccc12. The standard InChI is InChI=1S/C26H22N2O3/c1-2-7-16-14-24(29)28-21-15-17(12-13-18(16)21)27-26(30)25-19-8-3-5-10-22(19)31-23-11-6-4-9-20(23)25/h3-6,8-15,25H,2,7H2,1H3,(H,27,30)(H,28,29). The number of anilines is 1. The van der Waals surface area contributed by atoms with Crippen molar-refractivity contribution in [3.05, 3.63) is 99.8 Å². The lowest BCUT2D eigenvalue weighted by Crippen LogP contribution is -2.25. The van der Waals surface area contributed by atoms with Crippen molar-refractivity contribution in [3.63, 3.8) is 0 Å². The summed E-state index contributed by atoms with van der Waals surface area (Å²) in [6.07, 6.45) is 1.79. The van der Waals surface area contributed by atoms with Crippen LogP contribution in [0.1, 0.15) is 36.0 Å². The highest BCUT2D eigenvalue weighted by Gasteiger charge is 2.32. The minimum atomic E-state index is -0.484. The van der Waals surface area contributed by atoms with Gasteiger partial charge in [0.2, 0.25) is 11.5 Å². The minimum Gasteiger partial charge on any atom is -0.457 e. The first-order valence-corrected chi connectivity index (χ1v) is 10.5. The molecule has 0 fully saturated rings. The zero-order valence-corrected chi connectivity index (χ0v) is 17.1. The third-order valence-corrected chi connectivity index (χ3v) is 5.66. The number of aromatic amines is 1. The molecule has 5 rings (SSSR count). The van der Waals surface area contributed by atoms with Gasteiger partial charge in [-0.2, -0.15) is 0 Å². The van der Waals surface area contributed by atoms with Crippen molar-refractivity contribution in [2.75, 3.05) is 5.32 Å². The van der Waals surface area contributed by atoms with E-state index in [1.54, 1.807) is 6.07 Å². The molecule has 3 aromatic carbocycles. The number of para-hydroxylation sites is 2. The fourth-order valence-electron chi connectivity index (χ4n) is 4.29. The normalized spacial score (nSPS) is 12.7. The number of carbonyl (C=O) groups excluding carboxylic acids is 1. The van der Waals surface area contributed by atoms with E-state index in [1.165, 1.54) is 0 Å². The first-order valence-electron chi connectivity index (χ1n) is 10.5. The van der Waals surface area contributed by atoms with Crippen LogP contribution >= 0.6 is 0 Å². The number of rotatable bonds is 4. The zero-order chi connectivity index (χ0) is 21.4. The second-order valence-electron chi connectivity index (χ2n) is 7.77. The van der Waals surface area contributed by atoms with Gasteiger partial charge < -0.3 is 15.0 Å². The van der Waals surface area contributed by atoms with Crippen molar-refractivity contribution >= 4 is 22.5 Å². The van der Waals surface area contributed by atoms with Gasteiger partial charge in [-0.15, -0.1) is 0 Å². The van der Waals surface area contributed by atoms with Gasteiger partial charge in [0.15, 0.2) is 0 Å². The predicted molar refractivity (Wildman–Crippen MR) is 122 cm³/mol. The quantitative estimate of drug-likeness (QED) is 0.476. The number of pyridine rings is 1. The predicted octanol–water partition coefficient (Wildman–Crippen LogP) is 5.36. The Morgan fingerprint density at radius 1 is 0.968 bits per heavy atom. The molecule has 1 aromatic heterocycles.